The van der Waals surface area contributed by atoms with E-state index in [9.17, 15) is 0 Å². The van der Waals surface area contributed by atoms with Crippen LogP contribution in [0.1, 0.15) is 11.1 Å². The second kappa shape index (κ2) is 5.05. The molecule has 88 valence electrons. The Bertz CT molecular complexity index is 453. The Kier molecular flexibility index (Phi) is 3.86. The van der Waals surface area contributed by atoms with Crippen LogP contribution in [0.2, 0.25) is 0 Å². The van der Waals surface area contributed by atoms with Gasteiger partial charge in [0.25, 0.3) is 0 Å². The summed E-state index contributed by atoms with van der Waals surface area (Å²) in [7, 11) is 13.3. The van der Waals surface area contributed by atoms with Crippen LogP contribution >= 0.6 is 20.0 Å². The molecule has 0 spiro atoms. The molecule has 0 heterocycles. The van der Waals surface area contributed by atoms with Gasteiger partial charge in [-0.1, -0.05) is 0 Å². The van der Waals surface area contributed by atoms with Gasteiger partial charge >= 0.3 is 114 Å². The second-order valence-electron chi connectivity index (χ2n) is 4.31. The zero-order chi connectivity index (χ0) is 12.5. The van der Waals surface area contributed by atoms with Crippen molar-refractivity contribution in [2.24, 2.45) is 0 Å². The van der Waals surface area contributed by atoms with Crippen LogP contribution in [-0.4, -0.2) is 11.4 Å². The van der Waals surface area contributed by atoms with Gasteiger partial charge in [-0.25, -0.2) is 0 Å². The van der Waals surface area contributed by atoms with Crippen molar-refractivity contribution in [2.75, 3.05) is 0 Å². The van der Waals surface area contributed by atoms with Crippen LogP contribution in [0.25, 0.3) is 0 Å². The zero-order valence-corrected chi connectivity index (χ0v) is 13.5. The Morgan fingerprint density at radius 1 is 0.647 bits per heavy atom. The molecule has 0 aromatic heterocycles. The van der Waals surface area contributed by atoms with Gasteiger partial charge in [0.1, 0.15) is 0 Å². The molecule has 0 radical (unpaired) electrons. The van der Waals surface area contributed by atoms with Crippen molar-refractivity contribution in [1.82, 2.24) is 0 Å². The fraction of sp³-hybridized carbons (Fsp3) is 0.143. The first kappa shape index (κ1) is 13.0. The predicted octanol–water partition coefficient (Wildman–Crippen LogP) is 3.34. The Morgan fingerprint density at radius 2 is 0.941 bits per heavy atom. The summed E-state index contributed by atoms with van der Waals surface area (Å²) in [6.07, 6.45) is 0. The molecule has 2 aromatic carbocycles. The summed E-state index contributed by atoms with van der Waals surface area (Å²) in [5.41, 5.74) is 2.45. The molecule has 0 unspecified atom stereocenters. The number of hydrogen-bond donors (Lipinski definition) is 0. The third-order valence-electron chi connectivity index (χ3n) is 2.83. The maximum atomic E-state index is 6.64. The minimum atomic E-state index is -3.11. The number of benzene rings is 2. The molecule has 0 fully saturated rings. The Labute approximate surface area is 113 Å². The van der Waals surface area contributed by atoms with Crippen LogP contribution in [-0.2, 0) is 0 Å². The topological polar surface area (TPSA) is 0 Å². The van der Waals surface area contributed by atoms with E-state index in [4.69, 9.17) is 20.0 Å². The molecule has 0 aliphatic carbocycles. The van der Waals surface area contributed by atoms with Crippen molar-refractivity contribution in [3.63, 3.8) is 0 Å². The van der Waals surface area contributed by atoms with E-state index in [2.05, 4.69) is 62.4 Å². The van der Waals surface area contributed by atoms with Crippen molar-refractivity contribution in [2.45, 2.75) is 13.8 Å². The van der Waals surface area contributed by atoms with Gasteiger partial charge in [0, 0.05) is 0 Å². The summed E-state index contributed by atoms with van der Waals surface area (Å²) in [6, 6.07) is 16.5. The van der Waals surface area contributed by atoms with Crippen LogP contribution in [0.15, 0.2) is 48.5 Å². The minimum absolute atomic E-state index is 1.09. The molecule has 17 heavy (non-hydrogen) atoms. The molecule has 0 saturated carbocycles. The Hall–Kier alpha value is -0.437. The average molecular weight is 326 g/mol. The number of aryl methyl sites for hydroxylation is 2. The van der Waals surface area contributed by atoms with Crippen LogP contribution in [0.4, 0.5) is 0 Å². The zero-order valence-electron chi connectivity index (χ0n) is 9.87. The molecule has 0 aliphatic rings. The molecule has 0 N–H and O–H groups in total. The number of halogens is 2. The van der Waals surface area contributed by atoms with E-state index in [1.165, 1.54) is 11.1 Å². The van der Waals surface area contributed by atoms with E-state index in [1.54, 1.807) is 0 Å². The monoisotopic (exact) mass is 326 g/mol. The van der Waals surface area contributed by atoms with Crippen LogP contribution in [0.3, 0.4) is 0 Å². The van der Waals surface area contributed by atoms with Gasteiger partial charge < -0.3 is 0 Å². The van der Waals surface area contributed by atoms with E-state index >= 15 is 0 Å². The Balaban J connectivity index is 2.41. The van der Waals surface area contributed by atoms with Crippen molar-refractivity contribution >= 4 is 40.2 Å². The van der Waals surface area contributed by atoms with Gasteiger partial charge in [0.05, 0.1) is 0 Å². The van der Waals surface area contributed by atoms with Crippen molar-refractivity contribution in [1.29, 1.82) is 0 Å². The molecule has 0 bridgehead atoms. The molecular weight excluding hydrogens is 312 g/mol. The third kappa shape index (κ3) is 2.87. The molecule has 2 rings (SSSR count). The summed E-state index contributed by atoms with van der Waals surface area (Å²) in [4.78, 5) is 0. The first-order valence-corrected chi connectivity index (χ1v) is 13.1. The van der Waals surface area contributed by atoms with Crippen molar-refractivity contribution < 1.29 is 0 Å². The first-order valence-electron chi connectivity index (χ1n) is 5.52. The van der Waals surface area contributed by atoms with Crippen molar-refractivity contribution in [3.05, 3.63) is 59.7 Å². The molecule has 2 aromatic rings. The van der Waals surface area contributed by atoms with Gasteiger partial charge in [-0.3, -0.25) is 0 Å². The Morgan fingerprint density at radius 3 is 1.24 bits per heavy atom. The molecule has 0 atom stereocenters. The summed E-state index contributed by atoms with van der Waals surface area (Å²) in [5, 5.41) is 0. The van der Waals surface area contributed by atoms with E-state index in [0.717, 1.165) is 8.79 Å². The fourth-order valence-corrected chi connectivity index (χ4v) is 7.47. The van der Waals surface area contributed by atoms with Gasteiger partial charge in [-0.05, 0) is 0 Å². The summed E-state index contributed by atoms with van der Waals surface area (Å²) in [6.45, 7) is 4.12. The van der Waals surface area contributed by atoms with E-state index in [0.29, 0.717) is 0 Å². The second-order valence-corrected chi connectivity index (χ2v) is 16.0. The van der Waals surface area contributed by atoms with Gasteiger partial charge in [0.15, 0.2) is 0 Å². The van der Waals surface area contributed by atoms with E-state index in [-0.39, 0.29) is 0 Å². The molecular formula is C14H14Cl2Ge. The molecule has 3 heteroatoms. The number of hydrogen-bond acceptors (Lipinski definition) is 0. The van der Waals surface area contributed by atoms with Crippen LogP contribution < -0.4 is 8.79 Å². The SMILES string of the molecule is Cc1cc[c]([Ge]([Cl])([Cl])[c]2ccc(C)cc2)cc1. The third-order valence-corrected chi connectivity index (χ3v) is 11.8. The van der Waals surface area contributed by atoms with Gasteiger partial charge in [-0.2, -0.15) is 0 Å². The van der Waals surface area contributed by atoms with Crippen LogP contribution in [0.5, 0.6) is 0 Å². The van der Waals surface area contributed by atoms with E-state index < -0.39 is 11.4 Å². The fourth-order valence-electron chi connectivity index (χ4n) is 1.69. The number of rotatable bonds is 2. The molecule has 0 nitrogen and oxygen atoms in total. The predicted molar refractivity (Wildman–Crippen MR) is 79.1 cm³/mol. The van der Waals surface area contributed by atoms with Crippen LogP contribution in [0, 0.1) is 13.8 Å². The maximum absolute atomic E-state index is 6.64. The molecule has 0 aliphatic heterocycles. The molecule has 0 amide bonds. The summed E-state index contributed by atoms with van der Waals surface area (Å²) >= 11 is -3.11. The quantitative estimate of drug-likeness (QED) is 0.743. The van der Waals surface area contributed by atoms with Gasteiger partial charge in [-0.15, -0.1) is 0 Å². The van der Waals surface area contributed by atoms with Gasteiger partial charge in [0.2, 0.25) is 0 Å². The standard InChI is InChI=1S/C14H14Cl2Ge/c1-11-3-7-13(8-4-11)17(15,16)14-9-5-12(2)6-10-14/h3-10H,1-2H3. The van der Waals surface area contributed by atoms with Crippen molar-refractivity contribution in [3.8, 4) is 0 Å². The van der Waals surface area contributed by atoms with E-state index in [1.807, 2.05) is 0 Å². The summed E-state index contributed by atoms with van der Waals surface area (Å²) < 4.78 is 2.17. The normalized spacial score (nSPS) is 11.5. The molecule has 0 saturated heterocycles. The first-order chi connectivity index (χ1) is 8.00. The average Bonchev–Trinajstić information content (AvgIpc) is 2.30. The summed E-state index contributed by atoms with van der Waals surface area (Å²) in [5.74, 6) is 0.